The zero-order valence-electron chi connectivity index (χ0n) is 17.6. The average Bonchev–Trinajstić information content (AvgIpc) is 2.68. The predicted molar refractivity (Wildman–Crippen MR) is 130 cm³/mol. The summed E-state index contributed by atoms with van der Waals surface area (Å²) in [6.07, 6.45) is 0.851. The third kappa shape index (κ3) is 8.49. The first-order valence-electron chi connectivity index (χ1n) is 9.59. The van der Waals surface area contributed by atoms with Crippen LogP contribution in [-0.2, 0) is 11.3 Å². The fourth-order valence-electron chi connectivity index (χ4n) is 2.81. The van der Waals surface area contributed by atoms with Crippen molar-refractivity contribution < 1.29 is 14.6 Å². The van der Waals surface area contributed by atoms with E-state index in [1.54, 1.807) is 7.11 Å². The molecule has 160 valence electrons. The number of rotatable bonds is 9. The molecule has 0 atom stereocenters. The van der Waals surface area contributed by atoms with Gasteiger partial charge in [-0.1, -0.05) is 18.2 Å². The third-order valence-electron chi connectivity index (χ3n) is 4.17. The number of phenols is 1. The number of hydrogen-bond acceptors (Lipinski definition) is 4. The molecule has 0 saturated carbocycles. The lowest BCUT2D eigenvalue weighted by Gasteiger charge is -2.13. The summed E-state index contributed by atoms with van der Waals surface area (Å²) in [4.78, 5) is 4.66. The second-order valence-corrected chi connectivity index (χ2v) is 6.62. The Bertz CT molecular complexity index is 774. The number of ether oxygens (including phenoxy) is 2. The Balaban J connectivity index is 0.00000420. The highest BCUT2D eigenvalue weighted by atomic mass is 127. The first kappa shape index (κ1) is 25.0. The molecule has 0 saturated heterocycles. The van der Waals surface area contributed by atoms with Crippen molar-refractivity contribution in [2.24, 2.45) is 4.99 Å². The number of phenolic OH excluding ortho intramolecular Hbond substituents is 1. The number of nitrogens with one attached hydrogen (secondary N) is 2. The van der Waals surface area contributed by atoms with E-state index in [4.69, 9.17) is 9.47 Å². The van der Waals surface area contributed by atoms with Crippen LogP contribution in [0.15, 0.2) is 41.4 Å². The minimum atomic E-state index is 0. The standard InChI is InChI=1S/C22H31N3O3.HI/c1-5-23-22(24-15-18-12-16(2)21(26)17(3)13-18)25-19-8-6-9-20(14-19)28-11-7-10-27-4;/h6,8-9,12-14,26H,5,7,10-11,15H2,1-4H3,(H2,23,24,25);1H. The van der Waals surface area contributed by atoms with Crippen LogP contribution in [0.25, 0.3) is 0 Å². The van der Waals surface area contributed by atoms with Crippen molar-refractivity contribution in [2.75, 3.05) is 32.2 Å². The van der Waals surface area contributed by atoms with Gasteiger partial charge >= 0.3 is 0 Å². The SMILES string of the molecule is CCNC(=NCc1cc(C)c(O)c(C)c1)Nc1cccc(OCCCOC)c1.I. The van der Waals surface area contributed by atoms with Crippen LogP contribution in [0, 0.1) is 13.8 Å². The summed E-state index contributed by atoms with van der Waals surface area (Å²) in [5.74, 6) is 1.85. The number of guanidine groups is 1. The van der Waals surface area contributed by atoms with Crippen molar-refractivity contribution in [1.29, 1.82) is 0 Å². The first-order chi connectivity index (χ1) is 13.5. The first-order valence-corrected chi connectivity index (χ1v) is 9.59. The summed E-state index contributed by atoms with van der Waals surface area (Å²) >= 11 is 0. The second kappa shape index (κ2) is 13.3. The Morgan fingerprint density at radius 2 is 1.83 bits per heavy atom. The molecule has 0 aliphatic heterocycles. The van der Waals surface area contributed by atoms with Crippen LogP contribution in [0.2, 0.25) is 0 Å². The second-order valence-electron chi connectivity index (χ2n) is 6.62. The van der Waals surface area contributed by atoms with E-state index in [-0.39, 0.29) is 24.0 Å². The molecule has 0 radical (unpaired) electrons. The third-order valence-corrected chi connectivity index (χ3v) is 4.17. The number of halogens is 1. The smallest absolute Gasteiger partial charge is 0.196 e. The molecular formula is C22H32IN3O3. The van der Waals surface area contributed by atoms with E-state index in [0.29, 0.717) is 31.5 Å². The molecule has 7 heteroatoms. The van der Waals surface area contributed by atoms with Crippen LogP contribution in [0.1, 0.15) is 30.0 Å². The molecule has 29 heavy (non-hydrogen) atoms. The maximum atomic E-state index is 9.93. The molecule has 0 spiro atoms. The summed E-state index contributed by atoms with van der Waals surface area (Å²) in [6.45, 7) is 8.41. The van der Waals surface area contributed by atoms with Gasteiger partial charge < -0.3 is 25.2 Å². The molecule has 2 aromatic carbocycles. The maximum Gasteiger partial charge on any atom is 0.196 e. The number of methoxy groups -OCH3 is 1. The zero-order valence-corrected chi connectivity index (χ0v) is 19.9. The summed E-state index contributed by atoms with van der Waals surface area (Å²) in [6, 6.07) is 11.7. The molecule has 0 aromatic heterocycles. The van der Waals surface area contributed by atoms with Crippen molar-refractivity contribution >= 4 is 35.6 Å². The number of aryl methyl sites for hydroxylation is 2. The molecule has 6 nitrogen and oxygen atoms in total. The van der Waals surface area contributed by atoms with E-state index >= 15 is 0 Å². The molecule has 0 bridgehead atoms. The highest BCUT2D eigenvalue weighted by Gasteiger charge is 2.05. The Kier molecular flexibility index (Phi) is 11.5. The van der Waals surface area contributed by atoms with Gasteiger partial charge in [0.15, 0.2) is 5.96 Å². The van der Waals surface area contributed by atoms with Crippen LogP contribution < -0.4 is 15.4 Å². The minimum Gasteiger partial charge on any atom is -0.507 e. The van der Waals surface area contributed by atoms with E-state index < -0.39 is 0 Å². The molecule has 0 aliphatic carbocycles. The Labute approximate surface area is 190 Å². The number of aromatic hydroxyl groups is 1. The van der Waals surface area contributed by atoms with Crippen LogP contribution in [0.4, 0.5) is 5.69 Å². The van der Waals surface area contributed by atoms with E-state index in [0.717, 1.165) is 41.1 Å². The van der Waals surface area contributed by atoms with Gasteiger partial charge in [0.1, 0.15) is 11.5 Å². The molecule has 3 N–H and O–H groups in total. The molecular weight excluding hydrogens is 481 g/mol. The van der Waals surface area contributed by atoms with E-state index in [2.05, 4.69) is 15.6 Å². The largest absolute Gasteiger partial charge is 0.507 e. The highest BCUT2D eigenvalue weighted by Crippen LogP contribution is 2.23. The summed E-state index contributed by atoms with van der Waals surface area (Å²) in [7, 11) is 1.69. The zero-order chi connectivity index (χ0) is 20.4. The van der Waals surface area contributed by atoms with Crippen LogP contribution in [0.5, 0.6) is 11.5 Å². The number of aliphatic imine (C=N–C) groups is 1. The van der Waals surface area contributed by atoms with Gasteiger partial charge in [0.25, 0.3) is 0 Å². The van der Waals surface area contributed by atoms with Gasteiger partial charge in [-0.25, -0.2) is 4.99 Å². The summed E-state index contributed by atoms with van der Waals surface area (Å²) < 4.78 is 10.8. The van der Waals surface area contributed by atoms with Gasteiger partial charge in [-0.2, -0.15) is 0 Å². The summed E-state index contributed by atoms with van der Waals surface area (Å²) in [5, 5.41) is 16.5. The lowest BCUT2D eigenvalue weighted by molar-refractivity contribution is 0.172. The van der Waals surface area contributed by atoms with Crippen LogP contribution in [0.3, 0.4) is 0 Å². The van der Waals surface area contributed by atoms with Gasteiger partial charge in [0.05, 0.1) is 13.2 Å². The number of benzene rings is 2. The topological polar surface area (TPSA) is 75.1 Å². The van der Waals surface area contributed by atoms with Gasteiger partial charge in [-0.3, -0.25) is 0 Å². The maximum absolute atomic E-state index is 9.93. The summed E-state index contributed by atoms with van der Waals surface area (Å²) in [5.41, 5.74) is 3.69. The molecule has 0 amide bonds. The highest BCUT2D eigenvalue weighted by molar-refractivity contribution is 14.0. The molecule has 2 aromatic rings. The lowest BCUT2D eigenvalue weighted by atomic mass is 10.1. The van der Waals surface area contributed by atoms with Gasteiger partial charge in [0, 0.05) is 38.4 Å². The molecule has 0 aliphatic rings. The lowest BCUT2D eigenvalue weighted by Crippen LogP contribution is -2.30. The molecule has 2 rings (SSSR count). The predicted octanol–water partition coefficient (Wildman–Crippen LogP) is 4.62. The van der Waals surface area contributed by atoms with Crippen molar-refractivity contribution in [3.8, 4) is 11.5 Å². The Morgan fingerprint density at radius 1 is 1.10 bits per heavy atom. The Morgan fingerprint density at radius 3 is 2.48 bits per heavy atom. The Hall–Kier alpha value is -2.00. The van der Waals surface area contributed by atoms with E-state index in [9.17, 15) is 5.11 Å². The fourth-order valence-corrected chi connectivity index (χ4v) is 2.81. The molecule has 0 unspecified atom stereocenters. The van der Waals surface area contributed by atoms with Crippen molar-refractivity contribution in [3.63, 3.8) is 0 Å². The van der Waals surface area contributed by atoms with E-state index in [1.165, 1.54) is 0 Å². The fraction of sp³-hybridized carbons (Fsp3) is 0.409. The van der Waals surface area contributed by atoms with Crippen molar-refractivity contribution in [3.05, 3.63) is 53.1 Å². The van der Waals surface area contributed by atoms with Crippen LogP contribution in [-0.4, -0.2) is 37.9 Å². The van der Waals surface area contributed by atoms with Gasteiger partial charge in [-0.15, -0.1) is 24.0 Å². The van der Waals surface area contributed by atoms with Crippen molar-refractivity contribution in [2.45, 2.75) is 33.7 Å². The molecule has 0 fully saturated rings. The monoisotopic (exact) mass is 513 g/mol. The number of hydrogen-bond donors (Lipinski definition) is 3. The number of anilines is 1. The van der Waals surface area contributed by atoms with Gasteiger partial charge in [-0.05, 0) is 49.6 Å². The van der Waals surface area contributed by atoms with E-state index in [1.807, 2.05) is 57.2 Å². The van der Waals surface area contributed by atoms with Gasteiger partial charge in [0.2, 0.25) is 0 Å². The average molecular weight is 513 g/mol. The van der Waals surface area contributed by atoms with Crippen molar-refractivity contribution in [1.82, 2.24) is 5.32 Å². The minimum absolute atomic E-state index is 0. The van der Waals surface area contributed by atoms with Crippen LogP contribution >= 0.6 is 24.0 Å². The number of nitrogens with zero attached hydrogens (tertiary/aromatic N) is 1. The quantitative estimate of drug-likeness (QED) is 0.198. The molecule has 0 heterocycles. The normalized spacial score (nSPS) is 11.0.